The molecule has 0 spiro atoms. The first-order valence-corrected chi connectivity index (χ1v) is 8.93. The molecule has 1 aliphatic heterocycles. The number of hydrogen-bond acceptors (Lipinski definition) is 3. The molecule has 7 heteroatoms. The van der Waals surface area contributed by atoms with E-state index in [4.69, 9.17) is 4.74 Å². The van der Waals surface area contributed by atoms with Crippen LogP contribution in [-0.4, -0.2) is 62.2 Å². The van der Waals surface area contributed by atoms with E-state index in [1.807, 2.05) is 24.3 Å². The fourth-order valence-corrected chi connectivity index (χ4v) is 3.38. The van der Waals surface area contributed by atoms with Crippen LogP contribution in [0.4, 0.5) is 13.2 Å². The summed E-state index contributed by atoms with van der Waals surface area (Å²) >= 11 is 0. The molecule has 1 aromatic carbocycles. The highest BCUT2D eigenvalue weighted by Crippen LogP contribution is 2.22. The van der Waals surface area contributed by atoms with Crippen LogP contribution < -0.4 is 4.74 Å². The maximum absolute atomic E-state index is 12.4. The van der Waals surface area contributed by atoms with Gasteiger partial charge in [-0.2, -0.15) is 13.2 Å². The minimum atomic E-state index is -4.44. The highest BCUT2D eigenvalue weighted by molar-refractivity contribution is 5.76. The lowest BCUT2D eigenvalue weighted by atomic mass is 9.97. The Kier molecular flexibility index (Phi) is 7.32. The molecule has 1 atom stereocenters. The van der Waals surface area contributed by atoms with Crippen LogP contribution in [-0.2, 0) is 11.2 Å². The zero-order valence-electron chi connectivity index (χ0n) is 15.4. The largest absolute Gasteiger partial charge is 0.497 e. The Balaban J connectivity index is 1.78. The molecule has 1 fully saturated rings. The predicted octanol–water partition coefficient (Wildman–Crippen LogP) is 3.36. The summed E-state index contributed by atoms with van der Waals surface area (Å²) in [4.78, 5) is 15.2. The number of rotatable bonds is 7. The summed E-state index contributed by atoms with van der Waals surface area (Å²) in [7, 11) is 3.10. The van der Waals surface area contributed by atoms with Crippen LogP contribution in [0.15, 0.2) is 24.3 Å². The van der Waals surface area contributed by atoms with Crippen LogP contribution in [0.2, 0.25) is 0 Å². The van der Waals surface area contributed by atoms with E-state index in [0.29, 0.717) is 6.54 Å². The van der Waals surface area contributed by atoms with Crippen molar-refractivity contribution in [2.75, 3.05) is 40.3 Å². The number of piperidine rings is 1. The number of halogens is 3. The summed E-state index contributed by atoms with van der Waals surface area (Å²) in [6, 6.07) is 7.97. The van der Waals surface area contributed by atoms with Gasteiger partial charge in [-0.3, -0.25) is 4.79 Å². The van der Waals surface area contributed by atoms with E-state index in [1.165, 1.54) is 17.5 Å². The molecule has 4 nitrogen and oxygen atoms in total. The summed E-state index contributed by atoms with van der Waals surface area (Å²) in [5.74, 6) is 0.202. The third-order valence-electron chi connectivity index (χ3n) is 4.79. The van der Waals surface area contributed by atoms with Crippen LogP contribution in [0.25, 0.3) is 0 Å². The van der Waals surface area contributed by atoms with Gasteiger partial charge in [0.25, 0.3) is 0 Å². The van der Waals surface area contributed by atoms with Crippen molar-refractivity contribution in [1.29, 1.82) is 0 Å². The normalized spacial score (nSPS) is 18.6. The molecule has 2 rings (SSSR count). The second-order valence-electron chi connectivity index (χ2n) is 6.97. The summed E-state index contributed by atoms with van der Waals surface area (Å²) in [6.45, 7) is 3.10. The molecule has 1 heterocycles. The maximum atomic E-state index is 12.4. The number of likely N-dealkylation sites (tertiary alicyclic amines) is 1. The second-order valence-corrected chi connectivity index (χ2v) is 6.97. The Labute approximate surface area is 152 Å². The molecular weight excluding hydrogens is 345 g/mol. The van der Waals surface area contributed by atoms with Gasteiger partial charge in [-0.15, -0.1) is 0 Å². The standard InChI is InChI=1S/C19H27F3N2O2/c1-23(18(25)12-19(20,21)22)13-16-4-3-10-24(14-16)11-9-15-5-7-17(26-2)8-6-15/h5-8,16H,3-4,9-14H2,1-2H3/t16-/m1/s1. The quantitative estimate of drug-likeness (QED) is 0.736. The number of amides is 1. The van der Waals surface area contributed by atoms with Crippen molar-refractivity contribution >= 4 is 5.91 Å². The molecule has 1 aliphatic rings. The van der Waals surface area contributed by atoms with Gasteiger partial charge in [-0.05, 0) is 49.4 Å². The monoisotopic (exact) mass is 372 g/mol. The lowest BCUT2D eigenvalue weighted by Crippen LogP contribution is -2.42. The molecule has 0 unspecified atom stereocenters. The minimum Gasteiger partial charge on any atom is -0.497 e. The third kappa shape index (κ3) is 6.86. The molecule has 0 aromatic heterocycles. The van der Waals surface area contributed by atoms with Crippen molar-refractivity contribution in [2.24, 2.45) is 5.92 Å². The Morgan fingerprint density at radius 1 is 1.31 bits per heavy atom. The van der Waals surface area contributed by atoms with Crippen LogP contribution >= 0.6 is 0 Å². The average molecular weight is 372 g/mol. The Morgan fingerprint density at radius 3 is 2.62 bits per heavy atom. The van der Waals surface area contributed by atoms with Crippen LogP contribution in [0.5, 0.6) is 5.75 Å². The van der Waals surface area contributed by atoms with Gasteiger partial charge in [0.1, 0.15) is 12.2 Å². The fraction of sp³-hybridized carbons (Fsp3) is 0.632. The number of hydrogen-bond donors (Lipinski definition) is 0. The fourth-order valence-electron chi connectivity index (χ4n) is 3.38. The van der Waals surface area contributed by atoms with Gasteiger partial charge in [-0.25, -0.2) is 0 Å². The van der Waals surface area contributed by atoms with Crippen molar-refractivity contribution in [1.82, 2.24) is 9.80 Å². The molecule has 1 aromatic rings. The van der Waals surface area contributed by atoms with E-state index in [0.717, 1.165) is 44.6 Å². The molecule has 0 N–H and O–H groups in total. The first kappa shape index (κ1) is 20.6. The first-order chi connectivity index (χ1) is 12.3. The van der Waals surface area contributed by atoms with E-state index in [2.05, 4.69) is 4.90 Å². The van der Waals surface area contributed by atoms with Crippen LogP contribution in [0.1, 0.15) is 24.8 Å². The maximum Gasteiger partial charge on any atom is 0.397 e. The van der Waals surface area contributed by atoms with E-state index in [1.54, 1.807) is 7.11 Å². The zero-order valence-corrected chi connectivity index (χ0v) is 15.4. The third-order valence-corrected chi connectivity index (χ3v) is 4.79. The summed E-state index contributed by atoms with van der Waals surface area (Å²) in [6.07, 6.45) is -2.95. The Bertz CT molecular complexity index is 575. The molecule has 146 valence electrons. The molecule has 26 heavy (non-hydrogen) atoms. The van der Waals surface area contributed by atoms with E-state index in [-0.39, 0.29) is 5.92 Å². The van der Waals surface area contributed by atoms with E-state index in [9.17, 15) is 18.0 Å². The van der Waals surface area contributed by atoms with Crippen molar-refractivity contribution in [3.05, 3.63) is 29.8 Å². The molecule has 0 radical (unpaired) electrons. The summed E-state index contributed by atoms with van der Waals surface area (Å²) < 4.78 is 42.2. The Morgan fingerprint density at radius 2 is 2.00 bits per heavy atom. The van der Waals surface area contributed by atoms with Gasteiger partial charge in [0, 0.05) is 26.7 Å². The Hall–Kier alpha value is -1.76. The van der Waals surface area contributed by atoms with Crippen molar-refractivity contribution in [3.8, 4) is 5.75 Å². The number of alkyl halides is 3. The molecule has 1 saturated heterocycles. The smallest absolute Gasteiger partial charge is 0.397 e. The lowest BCUT2D eigenvalue weighted by Gasteiger charge is -2.34. The number of nitrogens with zero attached hydrogens (tertiary/aromatic N) is 2. The van der Waals surface area contributed by atoms with Crippen molar-refractivity contribution in [2.45, 2.75) is 31.9 Å². The highest BCUT2D eigenvalue weighted by Gasteiger charge is 2.33. The van der Waals surface area contributed by atoms with Gasteiger partial charge < -0.3 is 14.5 Å². The van der Waals surface area contributed by atoms with Gasteiger partial charge in [0.15, 0.2) is 0 Å². The number of carbonyl (C=O) groups is 1. The molecule has 1 amide bonds. The zero-order chi connectivity index (χ0) is 19.2. The number of ether oxygens (including phenoxy) is 1. The first-order valence-electron chi connectivity index (χ1n) is 8.93. The van der Waals surface area contributed by atoms with Gasteiger partial charge in [-0.1, -0.05) is 12.1 Å². The van der Waals surface area contributed by atoms with E-state index >= 15 is 0 Å². The van der Waals surface area contributed by atoms with Gasteiger partial charge in [0.2, 0.25) is 5.91 Å². The highest BCUT2D eigenvalue weighted by atomic mass is 19.4. The molecule has 0 aliphatic carbocycles. The number of benzene rings is 1. The van der Waals surface area contributed by atoms with Crippen LogP contribution in [0, 0.1) is 5.92 Å². The average Bonchev–Trinajstić information content (AvgIpc) is 2.59. The molecule has 0 bridgehead atoms. The summed E-state index contributed by atoms with van der Waals surface area (Å²) in [5, 5.41) is 0. The van der Waals surface area contributed by atoms with Crippen molar-refractivity contribution < 1.29 is 22.7 Å². The predicted molar refractivity (Wildman–Crippen MR) is 94.2 cm³/mol. The van der Waals surface area contributed by atoms with Gasteiger partial charge in [0.05, 0.1) is 7.11 Å². The van der Waals surface area contributed by atoms with Crippen molar-refractivity contribution in [3.63, 3.8) is 0 Å². The van der Waals surface area contributed by atoms with Crippen LogP contribution in [0.3, 0.4) is 0 Å². The lowest BCUT2D eigenvalue weighted by molar-refractivity contribution is -0.161. The number of methoxy groups -OCH3 is 1. The number of carbonyl (C=O) groups excluding carboxylic acids is 1. The SMILES string of the molecule is COc1ccc(CCN2CCC[C@H](CN(C)C(=O)CC(F)(F)F)C2)cc1. The van der Waals surface area contributed by atoms with Gasteiger partial charge >= 0.3 is 6.18 Å². The minimum absolute atomic E-state index is 0.224. The molecular formula is C19H27F3N2O2. The van der Waals surface area contributed by atoms with E-state index < -0.39 is 18.5 Å². The molecule has 0 saturated carbocycles. The second kappa shape index (κ2) is 9.26. The summed E-state index contributed by atoms with van der Waals surface area (Å²) in [5.41, 5.74) is 1.23. The topological polar surface area (TPSA) is 32.8 Å².